The smallest absolute Gasteiger partial charge is 0.253 e. The van der Waals surface area contributed by atoms with Gasteiger partial charge in [0.1, 0.15) is 0 Å². The van der Waals surface area contributed by atoms with Crippen molar-refractivity contribution in [1.29, 1.82) is 0 Å². The van der Waals surface area contributed by atoms with Gasteiger partial charge in [-0.3, -0.25) is 14.6 Å². The highest BCUT2D eigenvalue weighted by atomic mass is 16.2. The Morgan fingerprint density at radius 3 is 2.92 bits per heavy atom. The number of hydrogen-bond donors (Lipinski definition) is 0. The quantitative estimate of drug-likeness (QED) is 0.846. The van der Waals surface area contributed by atoms with E-state index in [1.807, 2.05) is 0 Å². The van der Waals surface area contributed by atoms with Crippen molar-refractivity contribution in [3.05, 3.63) is 34.9 Å². The van der Waals surface area contributed by atoms with Crippen molar-refractivity contribution in [3.63, 3.8) is 0 Å². The molecule has 4 heteroatoms. The van der Waals surface area contributed by atoms with E-state index in [2.05, 4.69) is 39.8 Å². The molecule has 0 radical (unpaired) electrons. The number of piperidine rings is 1. The second kappa shape index (κ2) is 7.46. The van der Waals surface area contributed by atoms with Crippen LogP contribution < -0.4 is 0 Å². The first-order valence-corrected chi connectivity index (χ1v) is 10.1. The van der Waals surface area contributed by atoms with Crippen molar-refractivity contribution in [2.75, 3.05) is 39.3 Å². The standard InChI is InChI=1S/C21H31N3O/c1-2-9-22-11-8-17-14-18(6-7-19(17)15-22)21(25)24-13-12-23-10-4-3-5-20(23)16-24/h6-7,14,20H,2-5,8-13,15-16H2,1H3. The zero-order chi connectivity index (χ0) is 17.2. The van der Waals surface area contributed by atoms with Gasteiger partial charge in [-0.1, -0.05) is 19.4 Å². The molecule has 3 aliphatic heterocycles. The first-order valence-electron chi connectivity index (χ1n) is 10.1. The van der Waals surface area contributed by atoms with Crippen LogP contribution in [0.1, 0.15) is 54.1 Å². The first-order chi connectivity index (χ1) is 12.2. The van der Waals surface area contributed by atoms with E-state index >= 15 is 0 Å². The maximum absolute atomic E-state index is 13.0. The van der Waals surface area contributed by atoms with Gasteiger partial charge in [0.05, 0.1) is 0 Å². The van der Waals surface area contributed by atoms with Gasteiger partial charge in [-0.2, -0.15) is 0 Å². The Hall–Kier alpha value is -1.39. The largest absolute Gasteiger partial charge is 0.336 e. The van der Waals surface area contributed by atoms with Crippen molar-refractivity contribution < 1.29 is 4.79 Å². The molecule has 0 aromatic heterocycles. The van der Waals surface area contributed by atoms with Crippen LogP contribution in [0, 0.1) is 0 Å². The molecule has 4 rings (SSSR count). The van der Waals surface area contributed by atoms with Gasteiger partial charge in [-0.25, -0.2) is 0 Å². The predicted octanol–water partition coefficient (Wildman–Crippen LogP) is 2.77. The number of fused-ring (bicyclic) bond motifs is 2. The third kappa shape index (κ3) is 3.61. The lowest BCUT2D eigenvalue weighted by molar-refractivity contribution is 0.0372. The van der Waals surface area contributed by atoms with Crippen molar-refractivity contribution in [2.45, 2.75) is 51.6 Å². The van der Waals surface area contributed by atoms with E-state index in [9.17, 15) is 4.79 Å². The van der Waals surface area contributed by atoms with Crippen LogP contribution in [0.5, 0.6) is 0 Å². The SMILES string of the molecule is CCCN1CCc2cc(C(=O)N3CCN4CCCCC4C3)ccc2C1. The Labute approximate surface area is 151 Å². The van der Waals surface area contributed by atoms with Crippen molar-refractivity contribution >= 4 is 5.91 Å². The summed E-state index contributed by atoms with van der Waals surface area (Å²) in [4.78, 5) is 20.2. The molecule has 0 aliphatic carbocycles. The molecular weight excluding hydrogens is 310 g/mol. The highest BCUT2D eigenvalue weighted by Crippen LogP contribution is 2.24. The molecular formula is C21H31N3O. The van der Waals surface area contributed by atoms with E-state index in [0.717, 1.165) is 44.7 Å². The third-order valence-corrected chi connectivity index (χ3v) is 6.21. The summed E-state index contributed by atoms with van der Waals surface area (Å²) in [6.45, 7) is 9.65. The zero-order valence-electron chi connectivity index (χ0n) is 15.5. The average Bonchev–Trinajstić information content (AvgIpc) is 2.67. The number of benzene rings is 1. The maximum Gasteiger partial charge on any atom is 0.253 e. The van der Waals surface area contributed by atoms with Gasteiger partial charge < -0.3 is 4.90 Å². The Morgan fingerprint density at radius 1 is 1.12 bits per heavy atom. The Morgan fingerprint density at radius 2 is 2.04 bits per heavy atom. The number of amides is 1. The highest BCUT2D eigenvalue weighted by Gasteiger charge is 2.31. The normalized spacial score (nSPS) is 24.7. The molecule has 0 bridgehead atoms. The monoisotopic (exact) mass is 341 g/mol. The fourth-order valence-corrected chi connectivity index (χ4v) is 4.77. The van der Waals surface area contributed by atoms with Gasteiger partial charge in [0.2, 0.25) is 0 Å². The molecule has 1 amide bonds. The van der Waals surface area contributed by atoms with Gasteiger partial charge in [-0.15, -0.1) is 0 Å². The van der Waals surface area contributed by atoms with Gasteiger partial charge in [-0.05, 0) is 62.0 Å². The molecule has 1 aromatic carbocycles. The summed E-state index contributed by atoms with van der Waals surface area (Å²) in [6, 6.07) is 7.02. The number of carbonyl (C=O) groups excluding carboxylic acids is 1. The summed E-state index contributed by atoms with van der Waals surface area (Å²) >= 11 is 0. The van der Waals surface area contributed by atoms with Crippen molar-refractivity contribution in [2.24, 2.45) is 0 Å². The minimum atomic E-state index is 0.240. The molecule has 136 valence electrons. The molecule has 0 N–H and O–H groups in total. The summed E-state index contributed by atoms with van der Waals surface area (Å²) in [6.07, 6.45) is 6.17. The molecule has 25 heavy (non-hydrogen) atoms. The van der Waals surface area contributed by atoms with E-state index in [4.69, 9.17) is 0 Å². The number of rotatable bonds is 3. The number of piperazine rings is 1. The van der Waals surface area contributed by atoms with Crippen molar-refractivity contribution in [1.82, 2.24) is 14.7 Å². The molecule has 0 spiro atoms. The van der Waals surface area contributed by atoms with Gasteiger partial charge in [0.15, 0.2) is 0 Å². The number of hydrogen-bond acceptors (Lipinski definition) is 3. The first kappa shape index (κ1) is 17.0. The van der Waals surface area contributed by atoms with Crippen LogP contribution in [-0.2, 0) is 13.0 Å². The number of nitrogens with zero attached hydrogens (tertiary/aromatic N) is 3. The summed E-state index contributed by atoms with van der Waals surface area (Å²) in [5, 5.41) is 0. The Balaban J connectivity index is 1.44. The fraction of sp³-hybridized carbons (Fsp3) is 0.667. The average molecular weight is 341 g/mol. The van der Waals surface area contributed by atoms with Crippen LogP contribution in [0.4, 0.5) is 0 Å². The minimum Gasteiger partial charge on any atom is -0.336 e. The van der Waals surface area contributed by atoms with E-state index in [-0.39, 0.29) is 5.91 Å². The molecule has 2 saturated heterocycles. The van der Waals surface area contributed by atoms with Crippen LogP contribution in [0.3, 0.4) is 0 Å². The summed E-state index contributed by atoms with van der Waals surface area (Å²) in [5.41, 5.74) is 3.69. The van der Waals surface area contributed by atoms with E-state index in [1.165, 1.54) is 49.9 Å². The Bertz CT molecular complexity index is 630. The molecule has 1 aromatic rings. The summed E-state index contributed by atoms with van der Waals surface area (Å²) < 4.78 is 0. The lowest BCUT2D eigenvalue weighted by atomic mass is 9.96. The van der Waals surface area contributed by atoms with Crippen LogP contribution in [-0.4, -0.2) is 65.9 Å². The van der Waals surface area contributed by atoms with E-state index in [1.54, 1.807) is 0 Å². The molecule has 2 fully saturated rings. The van der Waals surface area contributed by atoms with Gasteiger partial charge in [0, 0.05) is 44.3 Å². The van der Waals surface area contributed by atoms with Gasteiger partial charge >= 0.3 is 0 Å². The topological polar surface area (TPSA) is 26.8 Å². The lowest BCUT2D eigenvalue weighted by Gasteiger charge is -2.44. The van der Waals surface area contributed by atoms with Crippen LogP contribution in [0.15, 0.2) is 18.2 Å². The lowest BCUT2D eigenvalue weighted by Crippen LogP contribution is -2.56. The van der Waals surface area contributed by atoms with E-state index in [0.29, 0.717) is 6.04 Å². The van der Waals surface area contributed by atoms with Crippen LogP contribution in [0.25, 0.3) is 0 Å². The molecule has 1 unspecified atom stereocenters. The predicted molar refractivity (Wildman–Crippen MR) is 101 cm³/mol. The van der Waals surface area contributed by atoms with Crippen LogP contribution >= 0.6 is 0 Å². The molecule has 1 atom stereocenters. The van der Waals surface area contributed by atoms with Gasteiger partial charge in [0.25, 0.3) is 5.91 Å². The maximum atomic E-state index is 13.0. The highest BCUT2D eigenvalue weighted by molar-refractivity contribution is 5.94. The zero-order valence-corrected chi connectivity index (χ0v) is 15.5. The molecule has 4 nitrogen and oxygen atoms in total. The van der Waals surface area contributed by atoms with E-state index < -0.39 is 0 Å². The molecule has 3 aliphatic rings. The summed E-state index contributed by atoms with van der Waals surface area (Å²) in [5.74, 6) is 0.240. The molecule has 3 heterocycles. The number of carbonyl (C=O) groups is 1. The third-order valence-electron chi connectivity index (χ3n) is 6.21. The second-order valence-corrected chi connectivity index (χ2v) is 7.95. The molecule has 0 saturated carbocycles. The van der Waals surface area contributed by atoms with Crippen molar-refractivity contribution in [3.8, 4) is 0 Å². The second-order valence-electron chi connectivity index (χ2n) is 7.95. The summed E-state index contributed by atoms with van der Waals surface area (Å²) in [7, 11) is 0. The fourth-order valence-electron chi connectivity index (χ4n) is 4.77. The minimum absolute atomic E-state index is 0.240. The van der Waals surface area contributed by atoms with Crippen LogP contribution in [0.2, 0.25) is 0 Å². The Kier molecular flexibility index (Phi) is 5.09.